The molecule has 24 heavy (non-hydrogen) atoms. The molecule has 0 radical (unpaired) electrons. The number of aromatic hydroxyl groups is 1. The summed E-state index contributed by atoms with van der Waals surface area (Å²) in [6.45, 7) is 1.64. The smallest absolute Gasteiger partial charge is 0.321 e. The van der Waals surface area contributed by atoms with E-state index in [1.54, 1.807) is 59.3 Å². The summed E-state index contributed by atoms with van der Waals surface area (Å²) >= 11 is 0. The minimum Gasteiger partial charge on any atom is -0.508 e. The summed E-state index contributed by atoms with van der Waals surface area (Å²) in [5.41, 5.74) is 2.18. The van der Waals surface area contributed by atoms with Gasteiger partial charge in [0.05, 0.1) is 0 Å². The first-order chi connectivity index (χ1) is 11.5. The number of hydrogen-bond acceptors (Lipinski definition) is 3. The van der Waals surface area contributed by atoms with Gasteiger partial charge in [0.2, 0.25) is 0 Å². The molecule has 0 saturated carbocycles. The van der Waals surface area contributed by atoms with Crippen molar-refractivity contribution in [1.82, 2.24) is 10.2 Å². The average molecular weight is 325 g/mol. The van der Waals surface area contributed by atoms with Gasteiger partial charge in [-0.25, -0.2) is 4.79 Å². The third kappa shape index (κ3) is 3.32. The summed E-state index contributed by atoms with van der Waals surface area (Å²) in [7, 11) is 1.73. The molecular weight excluding hydrogens is 306 g/mol. The fourth-order valence-corrected chi connectivity index (χ4v) is 2.69. The van der Waals surface area contributed by atoms with E-state index in [2.05, 4.69) is 5.32 Å². The molecule has 1 heterocycles. The molecule has 0 aliphatic carbocycles. The molecule has 1 saturated heterocycles. The van der Waals surface area contributed by atoms with Crippen LogP contribution in [-0.2, 0) is 6.54 Å². The Morgan fingerprint density at radius 3 is 2.67 bits per heavy atom. The van der Waals surface area contributed by atoms with E-state index in [1.165, 1.54) is 0 Å². The molecule has 2 N–H and O–H groups in total. The van der Waals surface area contributed by atoms with Crippen LogP contribution in [0, 0.1) is 0 Å². The number of nitrogens with one attached hydrogen (secondary N) is 1. The third-order valence-corrected chi connectivity index (χ3v) is 3.96. The van der Waals surface area contributed by atoms with Gasteiger partial charge in [-0.1, -0.05) is 18.2 Å². The van der Waals surface area contributed by atoms with Crippen molar-refractivity contribution in [2.24, 2.45) is 0 Å². The van der Waals surface area contributed by atoms with Gasteiger partial charge in [-0.05, 0) is 35.9 Å². The average Bonchev–Trinajstić information content (AvgIpc) is 3.02. The number of phenols is 1. The largest absolute Gasteiger partial charge is 0.508 e. The summed E-state index contributed by atoms with van der Waals surface area (Å²) in [5, 5.41) is 12.1. The second-order valence-electron chi connectivity index (χ2n) is 5.76. The van der Waals surface area contributed by atoms with E-state index < -0.39 is 0 Å². The Hall–Kier alpha value is -3.02. The highest BCUT2D eigenvalue weighted by atomic mass is 16.3. The van der Waals surface area contributed by atoms with Gasteiger partial charge in [0.15, 0.2) is 0 Å². The summed E-state index contributed by atoms with van der Waals surface area (Å²) in [4.78, 5) is 27.6. The standard InChI is InChI=1S/C18H19N3O3/c1-20(12-13-5-7-16(22)8-6-13)17(23)14-3-2-4-15(11-14)21-10-9-19-18(21)24/h2-8,11,22H,9-10,12H2,1H3,(H,19,24). The minimum absolute atomic E-state index is 0.121. The molecule has 0 bridgehead atoms. The lowest BCUT2D eigenvalue weighted by Gasteiger charge is -2.19. The Balaban J connectivity index is 1.74. The highest BCUT2D eigenvalue weighted by Crippen LogP contribution is 2.20. The monoisotopic (exact) mass is 325 g/mol. The number of amides is 3. The van der Waals surface area contributed by atoms with Crippen molar-refractivity contribution in [3.8, 4) is 5.75 Å². The zero-order valence-electron chi connectivity index (χ0n) is 13.4. The van der Waals surface area contributed by atoms with E-state index in [-0.39, 0.29) is 17.7 Å². The Morgan fingerprint density at radius 1 is 1.25 bits per heavy atom. The maximum Gasteiger partial charge on any atom is 0.321 e. The summed E-state index contributed by atoms with van der Waals surface area (Å²) in [6.07, 6.45) is 0. The Kier molecular flexibility index (Phi) is 4.37. The van der Waals surface area contributed by atoms with Crippen molar-refractivity contribution < 1.29 is 14.7 Å². The van der Waals surface area contributed by atoms with Crippen molar-refractivity contribution in [2.45, 2.75) is 6.54 Å². The lowest BCUT2D eigenvalue weighted by Crippen LogP contribution is -2.29. The van der Waals surface area contributed by atoms with Crippen molar-refractivity contribution in [2.75, 3.05) is 25.0 Å². The Morgan fingerprint density at radius 2 is 2.00 bits per heavy atom. The van der Waals surface area contributed by atoms with E-state index in [1.807, 2.05) is 6.07 Å². The Labute approximate surface area is 140 Å². The molecule has 3 amide bonds. The van der Waals surface area contributed by atoms with E-state index in [4.69, 9.17) is 0 Å². The fraction of sp³-hybridized carbons (Fsp3) is 0.222. The molecule has 0 atom stereocenters. The van der Waals surface area contributed by atoms with Crippen LogP contribution in [0.3, 0.4) is 0 Å². The molecule has 0 unspecified atom stereocenters. The molecule has 124 valence electrons. The number of benzene rings is 2. The zero-order valence-corrected chi connectivity index (χ0v) is 13.4. The number of phenolic OH excluding ortho intramolecular Hbond substituents is 1. The van der Waals surface area contributed by atoms with Crippen molar-refractivity contribution in [3.63, 3.8) is 0 Å². The number of urea groups is 1. The van der Waals surface area contributed by atoms with E-state index in [9.17, 15) is 14.7 Å². The van der Waals surface area contributed by atoms with Gasteiger partial charge in [-0.3, -0.25) is 9.69 Å². The molecule has 1 aliphatic rings. The van der Waals surface area contributed by atoms with Crippen LogP contribution in [-0.4, -0.2) is 42.1 Å². The molecule has 2 aromatic rings. The minimum atomic E-state index is -0.142. The van der Waals surface area contributed by atoms with E-state index in [0.29, 0.717) is 30.9 Å². The van der Waals surface area contributed by atoms with Gasteiger partial charge in [0, 0.05) is 37.9 Å². The predicted molar refractivity (Wildman–Crippen MR) is 91.1 cm³/mol. The first-order valence-corrected chi connectivity index (χ1v) is 7.73. The van der Waals surface area contributed by atoms with Crippen LogP contribution < -0.4 is 10.2 Å². The number of anilines is 1. The normalized spacial score (nSPS) is 13.7. The quantitative estimate of drug-likeness (QED) is 0.905. The highest BCUT2D eigenvalue weighted by Gasteiger charge is 2.22. The second kappa shape index (κ2) is 6.62. The lowest BCUT2D eigenvalue weighted by molar-refractivity contribution is 0.0785. The van der Waals surface area contributed by atoms with Crippen LogP contribution >= 0.6 is 0 Å². The molecular formula is C18H19N3O3. The number of nitrogens with zero attached hydrogens (tertiary/aromatic N) is 2. The molecule has 6 heteroatoms. The lowest BCUT2D eigenvalue weighted by atomic mass is 10.1. The Bertz CT molecular complexity index is 758. The van der Waals surface area contributed by atoms with Gasteiger partial charge in [0.25, 0.3) is 5.91 Å². The van der Waals surface area contributed by atoms with Crippen LogP contribution in [0.2, 0.25) is 0 Å². The first-order valence-electron chi connectivity index (χ1n) is 7.73. The van der Waals surface area contributed by atoms with Crippen LogP contribution in [0.15, 0.2) is 48.5 Å². The molecule has 1 aliphatic heterocycles. The van der Waals surface area contributed by atoms with Crippen LogP contribution in [0.1, 0.15) is 15.9 Å². The summed E-state index contributed by atoms with van der Waals surface area (Å²) in [6, 6.07) is 13.7. The number of carbonyl (C=O) groups excluding carboxylic acids is 2. The predicted octanol–water partition coefficient (Wildman–Crippen LogP) is 2.19. The van der Waals surface area contributed by atoms with Crippen molar-refractivity contribution in [3.05, 3.63) is 59.7 Å². The molecule has 0 spiro atoms. The SMILES string of the molecule is CN(Cc1ccc(O)cc1)C(=O)c1cccc(N2CCNC2=O)c1. The molecule has 0 aromatic heterocycles. The topological polar surface area (TPSA) is 72.9 Å². The fourth-order valence-electron chi connectivity index (χ4n) is 2.69. The summed E-state index contributed by atoms with van der Waals surface area (Å²) < 4.78 is 0. The van der Waals surface area contributed by atoms with Gasteiger partial charge in [0.1, 0.15) is 5.75 Å². The van der Waals surface area contributed by atoms with Crippen LogP contribution in [0.5, 0.6) is 5.75 Å². The maximum atomic E-state index is 12.6. The number of hydrogen-bond donors (Lipinski definition) is 2. The molecule has 2 aromatic carbocycles. The number of rotatable bonds is 4. The number of carbonyl (C=O) groups is 2. The van der Waals surface area contributed by atoms with Crippen molar-refractivity contribution in [1.29, 1.82) is 0 Å². The molecule has 6 nitrogen and oxygen atoms in total. The van der Waals surface area contributed by atoms with Crippen LogP contribution in [0.4, 0.5) is 10.5 Å². The van der Waals surface area contributed by atoms with E-state index in [0.717, 1.165) is 5.56 Å². The highest BCUT2D eigenvalue weighted by molar-refractivity contribution is 5.98. The van der Waals surface area contributed by atoms with Gasteiger partial charge in [-0.2, -0.15) is 0 Å². The van der Waals surface area contributed by atoms with Crippen LogP contribution in [0.25, 0.3) is 0 Å². The second-order valence-corrected chi connectivity index (χ2v) is 5.76. The summed E-state index contributed by atoms with van der Waals surface area (Å²) in [5.74, 6) is 0.0776. The first kappa shape index (κ1) is 15.9. The van der Waals surface area contributed by atoms with Gasteiger partial charge < -0.3 is 15.3 Å². The zero-order chi connectivity index (χ0) is 17.1. The van der Waals surface area contributed by atoms with E-state index >= 15 is 0 Å². The van der Waals surface area contributed by atoms with Gasteiger partial charge >= 0.3 is 6.03 Å². The van der Waals surface area contributed by atoms with Gasteiger partial charge in [-0.15, -0.1) is 0 Å². The van der Waals surface area contributed by atoms with Crippen molar-refractivity contribution >= 4 is 17.6 Å². The third-order valence-electron chi connectivity index (χ3n) is 3.96. The molecule has 3 rings (SSSR count). The molecule has 1 fully saturated rings. The maximum absolute atomic E-state index is 12.6.